The van der Waals surface area contributed by atoms with Crippen LogP contribution in [0.15, 0.2) is 36.5 Å². The highest BCUT2D eigenvalue weighted by atomic mass is 16.2. The Morgan fingerprint density at radius 3 is 2.74 bits per heavy atom. The first-order valence-electron chi connectivity index (χ1n) is 9.65. The molecule has 1 aliphatic heterocycles. The van der Waals surface area contributed by atoms with Crippen molar-refractivity contribution in [3.8, 4) is 0 Å². The Labute approximate surface area is 160 Å². The second-order valence-corrected chi connectivity index (χ2v) is 7.26. The first-order valence-corrected chi connectivity index (χ1v) is 9.65. The van der Waals surface area contributed by atoms with E-state index in [4.69, 9.17) is 0 Å². The molecule has 1 aliphatic rings. The average molecular weight is 365 g/mol. The van der Waals surface area contributed by atoms with Gasteiger partial charge in [-0.05, 0) is 63.3 Å². The summed E-state index contributed by atoms with van der Waals surface area (Å²) in [5.74, 6) is -0.313. The normalized spacial score (nSPS) is 16.9. The van der Waals surface area contributed by atoms with E-state index in [-0.39, 0.29) is 23.6 Å². The lowest BCUT2D eigenvalue weighted by Crippen LogP contribution is -2.43. The Bertz CT molecular complexity index is 847. The summed E-state index contributed by atoms with van der Waals surface area (Å²) < 4.78 is 0. The molecule has 1 fully saturated rings. The van der Waals surface area contributed by atoms with Crippen LogP contribution in [0, 0.1) is 13.8 Å². The second kappa shape index (κ2) is 8.33. The van der Waals surface area contributed by atoms with Crippen molar-refractivity contribution in [3.05, 3.63) is 58.9 Å². The van der Waals surface area contributed by atoms with Gasteiger partial charge in [0.2, 0.25) is 0 Å². The summed E-state index contributed by atoms with van der Waals surface area (Å²) in [5.41, 5.74) is 3.67. The minimum Gasteiger partial charge on any atom is -0.336 e. The third kappa shape index (κ3) is 4.35. The van der Waals surface area contributed by atoms with E-state index in [2.05, 4.69) is 17.2 Å². The number of anilines is 1. The fourth-order valence-electron chi connectivity index (χ4n) is 3.69. The maximum atomic E-state index is 13.0. The van der Waals surface area contributed by atoms with E-state index < -0.39 is 0 Å². The van der Waals surface area contributed by atoms with Gasteiger partial charge in [-0.2, -0.15) is 0 Å². The SMILES string of the molecule is CCC1CCCCN1C(=O)c1ccnc(C(=O)Nc2ccc(C)cc2C)c1. The van der Waals surface area contributed by atoms with E-state index in [0.717, 1.165) is 42.6 Å². The van der Waals surface area contributed by atoms with Crippen molar-refractivity contribution in [1.29, 1.82) is 0 Å². The van der Waals surface area contributed by atoms with Crippen LogP contribution in [0.5, 0.6) is 0 Å². The third-order valence-corrected chi connectivity index (χ3v) is 5.23. The lowest BCUT2D eigenvalue weighted by Gasteiger charge is -2.35. The van der Waals surface area contributed by atoms with E-state index >= 15 is 0 Å². The number of benzene rings is 1. The standard InChI is InChI=1S/C22H27N3O2/c1-4-18-7-5-6-12-25(18)22(27)17-10-11-23-20(14-17)21(26)24-19-9-8-15(2)13-16(19)3/h8-11,13-14,18H,4-7,12H2,1-3H3,(H,24,26). The molecular formula is C22H27N3O2. The summed E-state index contributed by atoms with van der Waals surface area (Å²) in [5, 5.41) is 2.89. The van der Waals surface area contributed by atoms with Gasteiger partial charge in [0, 0.05) is 30.0 Å². The van der Waals surface area contributed by atoms with Crippen LogP contribution in [0.3, 0.4) is 0 Å². The number of carbonyl (C=O) groups is 2. The Hall–Kier alpha value is -2.69. The number of nitrogens with zero attached hydrogens (tertiary/aromatic N) is 2. The Morgan fingerprint density at radius 2 is 2.00 bits per heavy atom. The van der Waals surface area contributed by atoms with Crippen molar-refractivity contribution in [2.45, 2.75) is 52.5 Å². The fraction of sp³-hybridized carbons (Fsp3) is 0.409. The zero-order valence-corrected chi connectivity index (χ0v) is 16.3. The molecule has 0 saturated carbocycles. The van der Waals surface area contributed by atoms with Crippen LogP contribution in [0.1, 0.15) is 64.6 Å². The summed E-state index contributed by atoms with van der Waals surface area (Å²) in [6.07, 6.45) is 5.74. The number of carbonyl (C=O) groups excluding carboxylic acids is 2. The van der Waals surface area contributed by atoms with E-state index in [9.17, 15) is 9.59 Å². The van der Waals surface area contributed by atoms with Gasteiger partial charge >= 0.3 is 0 Å². The van der Waals surface area contributed by atoms with Gasteiger partial charge in [-0.25, -0.2) is 0 Å². The number of likely N-dealkylation sites (tertiary alicyclic amines) is 1. The van der Waals surface area contributed by atoms with Crippen molar-refractivity contribution in [2.24, 2.45) is 0 Å². The Balaban J connectivity index is 1.78. The monoisotopic (exact) mass is 365 g/mol. The van der Waals surface area contributed by atoms with Crippen molar-refractivity contribution in [1.82, 2.24) is 9.88 Å². The summed E-state index contributed by atoms with van der Waals surface area (Å²) in [7, 11) is 0. The predicted molar refractivity (Wildman–Crippen MR) is 107 cm³/mol. The van der Waals surface area contributed by atoms with Crippen LogP contribution in [0.4, 0.5) is 5.69 Å². The molecule has 1 unspecified atom stereocenters. The minimum atomic E-state index is -0.303. The third-order valence-electron chi connectivity index (χ3n) is 5.23. The maximum absolute atomic E-state index is 13.0. The van der Waals surface area contributed by atoms with Crippen LogP contribution in [-0.2, 0) is 0 Å². The summed E-state index contributed by atoms with van der Waals surface area (Å²) in [6, 6.07) is 9.44. The smallest absolute Gasteiger partial charge is 0.274 e. The van der Waals surface area contributed by atoms with Crippen LogP contribution >= 0.6 is 0 Å². The number of aryl methyl sites for hydroxylation is 2. The number of hydrogen-bond donors (Lipinski definition) is 1. The van der Waals surface area contributed by atoms with Gasteiger partial charge in [0.25, 0.3) is 11.8 Å². The summed E-state index contributed by atoms with van der Waals surface area (Å²) >= 11 is 0. The molecule has 2 aromatic rings. The molecule has 27 heavy (non-hydrogen) atoms. The number of amides is 2. The molecular weight excluding hydrogens is 338 g/mol. The molecule has 1 N–H and O–H groups in total. The van der Waals surface area contributed by atoms with Gasteiger partial charge in [-0.3, -0.25) is 14.6 Å². The molecule has 1 aromatic carbocycles. The quantitative estimate of drug-likeness (QED) is 0.876. The molecule has 1 aromatic heterocycles. The molecule has 3 rings (SSSR count). The highest BCUT2D eigenvalue weighted by Crippen LogP contribution is 2.22. The molecule has 0 spiro atoms. The average Bonchev–Trinajstić information content (AvgIpc) is 2.69. The van der Waals surface area contributed by atoms with Gasteiger partial charge in [0.1, 0.15) is 5.69 Å². The molecule has 1 saturated heterocycles. The second-order valence-electron chi connectivity index (χ2n) is 7.26. The number of rotatable bonds is 4. The van der Waals surface area contributed by atoms with Gasteiger partial charge in [-0.15, -0.1) is 0 Å². The van der Waals surface area contributed by atoms with Gasteiger partial charge in [0.05, 0.1) is 0 Å². The van der Waals surface area contributed by atoms with Crippen LogP contribution in [0.2, 0.25) is 0 Å². The van der Waals surface area contributed by atoms with Crippen molar-refractivity contribution < 1.29 is 9.59 Å². The molecule has 0 aliphatic carbocycles. The zero-order valence-electron chi connectivity index (χ0n) is 16.3. The molecule has 2 heterocycles. The van der Waals surface area contributed by atoms with Crippen molar-refractivity contribution in [2.75, 3.05) is 11.9 Å². The largest absolute Gasteiger partial charge is 0.336 e. The van der Waals surface area contributed by atoms with E-state index in [1.165, 1.54) is 12.6 Å². The topological polar surface area (TPSA) is 62.3 Å². The lowest BCUT2D eigenvalue weighted by atomic mass is 9.99. The number of hydrogen-bond acceptors (Lipinski definition) is 3. The first-order chi connectivity index (χ1) is 13.0. The summed E-state index contributed by atoms with van der Waals surface area (Å²) in [6.45, 7) is 6.87. The minimum absolute atomic E-state index is 0.00971. The fourth-order valence-corrected chi connectivity index (χ4v) is 3.69. The van der Waals surface area contributed by atoms with Crippen LogP contribution in [0.25, 0.3) is 0 Å². The van der Waals surface area contributed by atoms with Gasteiger partial charge in [-0.1, -0.05) is 24.6 Å². The molecule has 0 bridgehead atoms. The van der Waals surface area contributed by atoms with Gasteiger partial charge < -0.3 is 10.2 Å². The molecule has 5 nitrogen and oxygen atoms in total. The van der Waals surface area contributed by atoms with Crippen molar-refractivity contribution >= 4 is 17.5 Å². The van der Waals surface area contributed by atoms with Crippen LogP contribution < -0.4 is 5.32 Å². The summed E-state index contributed by atoms with van der Waals surface area (Å²) in [4.78, 5) is 31.7. The molecule has 0 radical (unpaired) electrons. The first kappa shape index (κ1) is 19.1. The Kier molecular flexibility index (Phi) is 5.89. The number of pyridine rings is 1. The number of nitrogens with one attached hydrogen (secondary N) is 1. The zero-order chi connectivity index (χ0) is 19.4. The molecule has 142 valence electrons. The molecule has 1 atom stereocenters. The highest BCUT2D eigenvalue weighted by molar-refractivity contribution is 6.05. The van der Waals surface area contributed by atoms with Gasteiger partial charge in [0.15, 0.2) is 0 Å². The van der Waals surface area contributed by atoms with E-state index in [0.29, 0.717) is 5.56 Å². The molecule has 2 amide bonds. The predicted octanol–water partition coefficient (Wildman–Crippen LogP) is 4.36. The lowest BCUT2D eigenvalue weighted by molar-refractivity contribution is 0.0608. The van der Waals surface area contributed by atoms with Crippen LogP contribution in [-0.4, -0.2) is 34.3 Å². The Morgan fingerprint density at radius 1 is 1.19 bits per heavy atom. The number of piperidine rings is 1. The number of aromatic nitrogens is 1. The molecule has 5 heteroatoms. The van der Waals surface area contributed by atoms with Crippen molar-refractivity contribution in [3.63, 3.8) is 0 Å². The maximum Gasteiger partial charge on any atom is 0.274 e. The van der Waals surface area contributed by atoms with E-state index in [1.54, 1.807) is 12.1 Å². The van der Waals surface area contributed by atoms with E-state index in [1.807, 2.05) is 36.9 Å². The highest BCUT2D eigenvalue weighted by Gasteiger charge is 2.26.